The van der Waals surface area contributed by atoms with Gasteiger partial charge < -0.3 is 9.42 Å². The molecule has 1 aliphatic heterocycles. The monoisotopic (exact) mass is 346 g/mol. The first-order chi connectivity index (χ1) is 12.1. The maximum atomic E-state index is 12.5. The molecule has 3 rings (SSSR count). The van der Waals surface area contributed by atoms with E-state index in [9.17, 15) is 4.79 Å². The Balaban J connectivity index is 1.50. The lowest BCUT2D eigenvalue weighted by molar-refractivity contribution is -0.133. The molecule has 25 heavy (non-hydrogen) atoms. The number of carbonyl (C=O) groups is 1. The summed E-state index contributed by atoms with van der Waals surface area (Å²) in [6.07, 6.45) is 4.68. The van der Waals surface area contributed by atoms with Crippen LogP contribution in [0.25, 0.3) is 0 Å². The zero-order chi connectivity index (χ0) is 17.8. The van der Waals surface area contributed by atoms with Gasteiger partial charge in [0.2, 0.25) is 11.8 Å². The molecule has 8 heteroatoms. The largest absolute Gasteiger partial charge is 0.341 e. The number of amides is 1. The fourth-order valence-electron chi connectivity index (χ4n) is 3.35. The van der Waals surface area contributed by atoms with Gasteiger partial charge in [0.05, 0.1) is 6.04 Å². The minimum atomic E-state index is 0.189. The normalized spacial score (nSPS) is 17.9. The Morgan fingerprint density at radius 3 is 2.84 bits per heavy atom. The molecule has 0 aliphatic carbocycles. The van der Waals surface area contributed by atoms with Crippen molar-refractivity contribution in [2.45, 2.75) is 65.3 Å². The molecule has 8 nitrogen and oxygen atoms in total. The van der Waals surface area contributed by atoms with Crippen molar-refractivity contribution in [1.82, 2.24) is 29.8 Å². The second kappa shape index (κ2) is 7.76. The Kier molecular flexibility index (Phi) is 5.45. The molecule has 0 radical (unpaired) electrons. The van der Waals surface area contributed by atoms with Crippen molar-refractivity contribution in [1.29, 1.82) is 0 Å². The third kappa shape index (κ3) is 4.24. The Labute approximate surface area is 147 Å². The Hall–Kier alpha value is -2.25. The van der Waals surface area contributed by atoms with E-state index in [1.54, 1.807) is 0 Å². The minimum absolute atomic E-state index is 0.189. The fourth-order valence-corrected chi connectivity index (χ4v) is 3.35. The molecule has 0 N–H and O–H groups in total. The lowest BCUT2D eigenvalue weighted by Crippen LogP contribution is -2.41. The van der Waals surface area contributed by atoms with E-state index >= 15 is 0 Å². The lowest BCUT2D eigenvalue weighted by Gasteiger charge is -2.33. The molecule has 2 aromatic heterocycles. The van der Waals surface area contributed by atoms with Gasteiger partial charge in [0, 0.05) is 32.4 Å². The highest BCUT2D eigenvalue weighted by Gasteiger charge is 2.26. The first kappa shape index (κ1) is 17.6. The predicted molar refractivity (Wildman–Crippen MR) is 91.0 cm³/mol. The standard InChI is InChI=1S/C17H26N6O2/c1-4-15-19-16(25-21-15)8-5-9-17(24)22-10-6-7-14(11-22)23-13(3)18-12(2)20-23/h14H,4-11H2,1-3H3. The van der Waals surface area contributed by atoms with Crippen molar-refractivity contribution in [3.63, 3.8) is 0 Å². The number of hydrogen-bond acceptors (Lipinski definition) is 6. The van der Waals surface area contributed by atoms with Gasteiger partial charge in [-0.25, -0.2) is 9.67 Å². The van der Waals surface area contributed by atoms with Gasteiger partial charge in [0.25, 0.3) is 0 Å². The summed E-state index contributed by atoms with van der Waals surface area (Å²) in [4.78, 5) is 23.1. The Morgan fingerprint density at radius 2 is 2.16 bits per heavy atom. The molecular weight excluding hydrogens is 320 g/mol. The zero-order valence-electron chi connectivity index (χ0n) is 15.2. The number of piperidine rings is 1. The van der Waals surface area contributed by atoms with E-state index in [2.05, 4.69) is 20.2 Å². The molecule has 2 aromatic rings. The van der Waals surface area contributed by atoms with Crippen molar-refractivity contribution >= 4 is 5.91 Å². The van der Waals surface area contributed by atoms with Crippen molar-refractivity contribution in [3.05, 3.63) is 23.4 Å². The van der Waals surface area contributed by atoms with Gasteiger partial charge in [-0.05, 0) is 33.1 Å². The van der Waals surface area contributed by atoms with Crippen LogP contribution in [-0.2, 0) is 17.6 Å². The van der Waals surface area contributed by atoms with Crippen LogP contribution in [0.4, 0.5) is 0 Å². The van der Waals surface area contributed by atoms with E-state index in [0.717, 1.165) is 49.7 Å². The van der Waals surface area contributed by atoms with Crippen LogP contribution < -0.4 is 0 Å². The molecule has 0 spiro atoms. The van der Waals surface area contributed by atoms with E-state index in [-0.39, 0.29) is 11.9 Å². The van der Waals surface area contributed by atoms with Crippen LogP contribution >= 0.6 is 0 Å². The molecular formula is C17H26N6O2. The summed E-state index contributed by atoms with van der Waals surface area (Å²) < 4.78 is 7.14. The molecule has 1 aliphatic rings. The minimum Gasteiger partial charge on any atom is -0.341 e. The number of carbonyl (C=O) groups excluding carboxylic acids is 1. The van der Waals surface area contributed by atoms with E-state index in [0.29, 0.717) is 25.3 Å². The summed E-state index contributed by atoms with van der Waals surface area (Å²) in [5.74, 6) is 3.23. The maximum Gasteiger partial charge on any atom is 0.226 e. The number of hydrogen-bond donors (Lipinski definition) is 0. The third-order valence-electron chi connectivity index (χ3n) is 4.61. The zero-order valence-corrected chi connectivity index (χ0v) is 15.2. The van der Waals surface area contributed by atoms with Crippen LogP contribution in [0.3, 0.4) is 0 Å². The molecule has 0 aromatic carbocycles. The molecule has 136 valence electrons. The number of aryl methyl sites for hydroxylation is 4. The summed E-state index contributed by atoms with van der Waals surface area (Å²) in [6, 6.07) is 0.224. The van der Waals surface area contributed by atoms with Gasteiger partial charge in [-0.2, -0.15) is 10.1 Å². The van der Waals surface area contributed by atoms with Crippen LogP contribution in [0.5, 0.6) is 0 Å². The Bertz CT molecular complexity index is 723. The van der Waals surface area contributed by atoms with E-state index in [1.165, 1.54) is 0 Å². The summed E-state index contributed by atoms with van der Waals surface area (Å²) in [5.41, 5.74) is 0. The van der Waals surface area contributed by atoms with Crippen molar-refractivity contribution in [2.75, 3.05) is 13.1 Å². The van der Waals surface area contributed by atoms with Crippen molar-refractivity contribution in [3.8, 4) is 0 Å². The van der Waals surface area contributed by atoms with Gasteiger partial charge in [-0.1, -0.05) is 12.1 Å². The number of likely N-dealkylation sites (tertiary alicyclic amines) is 1. The molecule has 1 atom stereocenters. The van der Waals surface area contributed by atoms with Gasteiger partial charge in [0.1, 0.15) is 11.6 Å². The maximum absolute atomic E-state index is 12.5. The summed E-state index contributed by atoms with van der Waals surface area (Å²) in [6.45, 7) is 7.39. The van der Waals surface area contributed by atoms with Crippen molar-refractivity contribution < 1.29 is 9.32 Å². The number of aromatic nitrogens is 5. The van der Waals surface area contributed by atoms with Crippen LogP contribution in [0.15, 0.2) is 4.52 Å². The molecule has 1 fully saturated rings. The Morgan fingerprint density at radius 1 is 1.32 bits per heavy atom. The fraction of sp³-hybridized carbons (Fsp3) is 0.706. The average molecular weight is 346 g/mol. The van der Waals surface area contributed by atoms with Gasteiger partial charge in [-0.3, -0.25) is 4.79 Å². The first-order valence-electron chi connectivity index (χ1n) is 9.05. The molecule has 1 amide bonds. The molecule has 0 bridgehead atoms. The number of nitrogens with zero attached hydrogens (tertiary/aromatic N) is 6. The SMILES string of the molecule is CCc1noc(CCCC(=O)N2CCCC(n3nc(C)nc3C)C2)n1. The highest BCUT2D eigenvalue weighted by molar-refractivity contribution is 5.76. The van der Waals surface area contributed by atoms with Gasteiger partial charge in [0.15, 0.2) is 5.82 Å². The second-order valence-corrected chi connectivity index (χ2v) is 6.60. The van der Waals surface area contributed by atoms with Gasteiger partial charge >= 0.3 is 0 Å². The predicted octanol–water partition coefficient (Wildman–Crippen LogP) is 2.03. The smallest absolute Gasteiger partial charge is 0.226 e. The van der Waals surface area contributed by atoms with E-state index in [1.807, 2.05) is 30.4 Å². The first-order valence-corrected chi connectivity index (χ1v) is 9.05. The molecule has 0 saturated carbocycles. The average Bonchev–Trinajstić information content (AvgIpc) is 3.20. The van der Waals surface area contributed by atoms with E-state index < -0.39 is 0 Å². The topological polar surface area (TPSA) is 89.9 Å². The van der Waals surface area contributed by atoms with Crippen LogP contribution in [0, 0.1) is 13.8 Å². The van der Waals surface area contributed by atoms with Gasteiger partial charge in [-0.15, -0.1) is 0 Å². The summed E-state index contributed by atoms with van der Waals surface area (Å²) in [5, 5.41) is 8.36. The molecule has 1 saturated heterocycles. The summed E-state index contributed by atoms with van der Waals surface area (Å²) >= 11 is 0. The molecule has 1 unspecified atom stereocenters. The summed E-state index contributed by atoms with van der Waals surface area (Å²) in [7, 11) is 0. The van der Waals surface area contributed by atoms with Crippen LogP contribution in [-0.4, -0.2) is 48.8 Å². The highest BCUT2D eigenvalue weighted by atomic mass is 16.5. The quantitative estimate of drug-likeness (QED) is 0.795. The number of rotatable bonds is 6. The van der Waals surface area contributed by atoms with Crippen LogP contribution in [0.2, 0.25) is 0 Å². The van der Waals surface area contributed by atoms with E-state index in [4.69, 9.17) is 4.52 Å². The third-order valence-corrected chi connectivity index (χ3v) is 4.61. The van der Waals surface area contributed by atoms with Crippen LogP contribution in [0.1, 0.15) is 62.0 Å². The van der Waals surface area contributed by atoms with Crippen molar-refractivity contribution in [2.24, 2.45) is 0 Å². The molecule has 3 heterocycles. The lowest BCUT2D eigenvalue weighted by atomic mass is 10.0. The second-order valence-electron chi connectivity index (χ2n) is 6.60. The highest BCUT2D eigenvalue weighted by Crippen LogP contribution is 2.23.